The van der Waals surface area contributed by atoms with Crippen LogP contribution in [-0.4, -0.2) is 0 Å². The minimum absolute atomic E-state index is 0.0412. The van der Waals surface area contributed by atoms with Crippen LogP contribution in [-0.2, 0) is 0 Å². The molecule has 0 fully saturated rings. The molecule has 0 spiro atoms. The van der Waals surface area contributed by atoms with Crippen LogP contribution in [0.3, 0.4) is 0 Å². The zero-order chi connectivity index (χ0) is 12.4. The van der Waals surface area contributed by atoms with Crippen LogP contribution in [0.4, 0.5) is 8.78 Å². The van der Waals surface area contributed by atoms with Gasteiger partial charge in [-0.25, -0.2) is 14.2 Å². The first-order valence-electron chi connectivity index (χ1n) is 5.09. The molecule has 5 heteroatoms. The van der Waals surface area contributed by atoms with Gasteiger partial charge in [0.25, 0.3) is 0 Å². The van der Waals surface area contributed by atoms with Crippen molar-refractivity contribution in [2.45, 2.75) is 13.0 Å². The van der Waals surface area contributed by atoms with Gasteiger partial charge >= 0.3 is 0 Å². The molecule has 1 unspecified atom stereocenters. The first-order valence-corrected chi connectivity index (χ1v) is 5.97. The second kappa shape index (κ2) is 4.91. The third-order valence-corrected chi connectivity index (χ3v) is 3.70. The highest BCUT2D eigenvalue weighted by atomic mass is 32.1. The van der Waals surface area contributed by atoms with E-state index < -0.39 is 17.7 Å². The monoisotopic (exact) mass is 254 g/mol. The summed E-state index contributed by atoms with van der Waals surface area (Å²) in [5, 5.41) is 1.87. The van der Waals surface area contributed by atoms with E-state index in [9.17, 15) is 8.78 Å². The number of rotatable bonds is 3. The number of aryl methyl sites for hydroxylation is 1. The smallest absolute Gasteiger partial charge is 0.131 e. The van der Waals surface area contributed by atoms with Gasteiger partial charge in [0.1, 0.15) is 11.6 Å². The summed E-state index contributed by atoms with van der Waals surface area (Å²) in [5.41, 5.74) is 3.39. The van der Waals surface area contributed by atoms with Gasteiger partial charge in [-0.2, -0.15) is 0 Å². The molecule has 0 saturated heterocycles. The van der Waals surface area contributed by atoms with Crippen LogP contribution >= 0.6 is 11.3 Å². The summed E-state index contributed by atoms with van der Waals surface area (Å²) < 4.78 is 27.4. The highest BCUT2D eigenvalue weighted by molar-refractivity contribution is 7.10. The summed E-state index contributed by atoms with van der Waals surface area (Å²) in [6, 6.07) is 5.03. The van der Waals surface area contributed by atoms with Gasteiger partial charge in [0.05, 0.1) is 6.04 Å². The third-order valence-electron chi connectivity index (χ3n) is 2.62. The molecule has 2 rings (SSSR count). The maximum Gasteiger partial charge on any atom is 0.131 e. The quantitative estimate of drug-likeness (QED) is 0.653. The Balaban J connectivity index is 2.53. The van der Waals surface area contributed by atoms with E-state index in [1.54, 1.807) is 0 Å². The molecule has 1 aromatic heterocycles. The first-order chi connectivity index (χ1) is 8.15. The Bertz CT molecular complexity index is 505. The predicted molar refractivity (Wildman–Crippen MR) is 64.6 cm³/mol. The summed E-state index contributed by atoms with van der Waals surface area (Å²) >= 11 is 1.42. The average Bonchev–Trinajstić information content (AvgIpc) is 2.70. The van der Waals surface area contributed by atoms with Crippen LogP contribution in [0.15, 0.2) is 29.6 Å². The molecule has 90 valence electrons. The number of nitrogens with two attached hydrogens (primary N) is 1. The normalized spacial score (nSPS) is 12.7. The standard InChI is InChI=1S/C12H12F2N2S/c1-7-5-6-17-12(7)11(16-15)10-8(13)3-2-4-9(10)14/h2-6,11,16H,15H2,1H3. The molecule has 1 heterocycles. The number of nitrogens with one attached hydrogen (secondary N) is 1. The van der Waals surface area contributed by atoms with Gasteiger partial charge in [-0.1, -0.05) is 6.07 Å². The van der Waals surface area contributed by atoms with Crippen molar-refractivity contribution in [1.82, 2.24) is 5.43 Å². The minimum Gasteiger partial charge on any atom is -0.271 e. The van der Waals surface area contributed by atoms with Crippen LogP contribution < -0.4 is 11.3 Å². The van der Waals surface area contributed by atoms with E-state index in [-0.39, 0.29) is 5.56 Å². The Morgan fingerprint density at radius 1 is 1.24 bits per heavy atom. The number of thiophene rings is 1. The van der Waals surface area contributed by atoms with Gasteiger partial charge in [-0.15, -0.1) is 11.3 Å². The lowest BCUT2D eigenvalue weighted by Gasteiger charge is -2.17. The average molecular weight is 254 g/mol. The largest absolute Gasteiger partial charge is 0.271 e. The van der Waals surface area contributed by atoms with Crippen molar-refractivity contribution in [3.8, 4) is 0 Å². The van der Waals surface area contributed by atoms with Crippen LogP contribution in [0.25, 0.3) is 0 Å². The lowest BCUT2D eigenvalue weighted by atomic mass is 10.0. The highest BCUT2D eigenvalue weighted by Crippen LogP contribution is 2.31. The Morgan fingerprint density at radius 3 is 2.35 bits per heavy atom. The summed E-state index contributed by atoms with van der Waals surface area (Å²) in [6.45, 7) is 1.88. The molecule has 17 heavy (non-hydrogen) atoms. The van der Waals surface area contributed by atoms with Crippen LogP contribution in [0, 0.1) is 18.6 Å². The number of hydrazine groups is 1. The van der Waals surface area contributed by atoms with E-state index in [1.807, 2.05) is 18.4 Å². The molecule has 0 saturated carbocycles. The third kappa shape index (κ3) is 2.22. The molecule has 0 aliphatic heterocycles. The first kappa shape index (κ1) is 12.2. The predicted octanol–water partition coefficient (Wildman–Crippen LogP) is 2.89. The zero-order valence-corrected chi connectivity index (χ0v) is 10.0. The maximum atomic E-state index is 13.7. The van der Waals surface area contributed by atoms with Gasteiger partial charge in [0, 0.05) is 10.4 Å². The van der Waals surface area contributed by atoms with Crippen molar-refractivity contribution in [2.75, 3.05) is 0 Å². The van der Waals surface area contributed by atoms with Crippen molar-refractivity contribution in [3.63, 3.8) is 0 Å². The fourth-order valence-corrected chi connectivity index (χ4v) is 2.75. The van der Waals surface area contributed by atoms with Gasteiger partial charge in [-0.3, -0.25) is 5.84 Å². The molecule has 0 aliphatic rings. The van der Waals surface area contributed by atoms with Crippen molar-refractivity contribution in [3.05, 3.63) is 57.3 Å². The molecule has 3 N–H and O–H groups in total. The van der Waals surface area contributed by atoms with E-state index >= 15 is 0 Å². The molecule has 0 amide bonds. The van der Waals surface area contributed by atoms with Crippen molar-refractivity contribution in [2.24, 2.45) is 5.84 Å². The lowest BCUT2D eigenvalue weighted by molar-refractivity contribution is 0.513. The molecule has 0 bridgehead atoms. The Hall–Kier alpha value is -1.30. The summed E-state index contributed by atoms with van der Waals surface area (Å²) in [4.78, 5) is 0.816. The Morgan fingerprint density at radius 2 is 1.88 bits per heavy atom. The number of hydrogen-bond donors (Lipinski definition) is 2. The number of hydrogen-bond acceptors (Lipinski definition) is 3. The second-order valence-electron chi connectivity index (χ2n) is 3.70. The molecule has 1 aromatic carbocycles. The SMILES string of the molecule is Cc1ccsc1C(NN)c1c(F)cccc1F. The van der Waals surface area contributed by atoms with Crippen LogP contribution in [0.2, 0.25) is 0 Å². The van der Waals surface area contributed by atoms with Gasteiger partial charge in [0.2, 0.25) is 0 Å². The topological polar surface area (TPSA) is 38.0 Å². The van der Waals surface area contributed by atoms with Gasteiger partial charge in [0.15, 0.2) is 0 Å². The number of halogens is 2. The summed E-state index contributed by atoms with van der Waals surface area (Å²) in [6.07, 6.45) is 0. The second-order valence-corrected chi connectivity index (χ2v) is 4.65. The molecule has 1 atom stereocenters. The van der Waals surface area contributed by atoms with Gasteiger partial charge < -0.3 is 0 Å². The Kier molecular flexibility index (Phi) is 3.51. The lowest BCUT2D eigenvalue weighted by Crippen LogP contribution is -2.30. The van der Waals surface area contributed by atoms with Crippen LogP contribution in [0.5, 0.6) is 0 Å². The zero-order valence-electron chi connectivity index (χ0n) is 9.21. The summed E-state index contributed by atoms with van der Waals surface area (Å²) in [7, 11) is 0. The summed E-state index contributed by atoms with van der Waals surface area (Å²) in [5.74, 6) is 4.23. The van der Waals surface area contributed by atoms with Crippen LogP contribution in [0.1, 0.15) is 22.0 Å². The highest BCUT2D eigenvalue weighted by Gasteiger charge is 2.22. The maximum absolute atomic E-state index is 13.7. The minimum atomic E-state index is -0.656. The Labute approximate surface area is 102 Å². The fourth-order valence-electron chi connectivity index (χ4n) is 1.76. The fraction of sp³-hybridized carbons (Fsp3) is 0.167. The van der Waals surface area contributed by atoms with E-state index in [1.165, 1.54) is 29.5 Å². The van der Waals surface area contributed by atoms with Crippen molar-refractivity contribution < 1.29 is 8.78 Å². The molecular weight excluding hydrogens is 242 g/mol. The molecule has 2 aromatic rings. The van der Waals surface area contributed by atoms with Gasteiger partial charge in [-0.05, 0) is 36.1 Å². The van der Waals surface area contributed by atoms with Crippen molar-refractivity contribution in [1.29, 1.82) is 0 Å². The molecule has 0 aliphatic carbocycles. The molecule has 0 radical (unpaired) electrons. The number of benzene rings is 1. The van der Waals surface area contributed by atoms with E-state index in [0.29, 0.717) is 0 Å². The van der Waals surface area contributed by atoms with E-state index in [0.717, 1.165) is 10.4 Å². The molecule has 2 nitrogen and oxygen atoms in total. The van der Waals surface area contributed by atoms with Crippen molar-refractivity contribution >= 4 is 11.3 Å². The molecular formula is C12H12F2N2S. The van der Waals surface area contributed by atoms with E-state index in [4.69, 9.17) is 5.84 Å². The van der Waals surface area contributed by atoms with E-state index in [2.05, 4.69) is 5.43 Å².